The van der Waals surface area contributed by atoms with Crippen LogP contribution in [0.1, 0.15) is 41.3 Å². The Balaban J connectivity index is 1.97. The van der Waals surface area contributed by atoms with Gasteiger partial charge in [0.05, 0.1) is 12.3 Å². The zero-order valence-electron chi connectivity index (χ0n) is 14.7. The van der Waals surface area contributed by atoms with Gasteiger partial charge in [-0.05, 0) is 56.2 Å². The van der Waals surface area contributed by atoms with Crippen LogP contribution in [0, 0.1) is 13.8 Å². The van der Waals surface area contributed by atoms with Crippen LogP contribution in [0.25, 0.3) is 0 Å². The van der Waals surface area contributed by atoms with Crippen LogP contribution in [0.4, 0.5) is 5.69 Å². The summed E-state index contributed by atoms with van der Waals surface area (Å²) in [7, 11) is 0. The minimum Gasteiger partial charge on any atom is -0.492 e. The molecule has 0 radical (unpaired) electrons. The molecule has 0 heterocycles. The molecular formula is C20H22ClNO3. The Morgan fingerprint density at radius 2 is 1.80 bits per heavy atom. The van der Waals surface area contributed by atoms with E-state index in [1.165, 1.54) is 0 Å². The number of Topliss-reactive ketones (excluding diaryl/α,β-unsaturated/α-hetero) is 1. The molecule has 0 atom stereocenters. The van der Waals surface area contributed by atoms with Gasteiger partial charge in [0.1, 0.15) is 5.75 Å². The van der Waals surface area contributed by atoms with Crippen molar-refractivity contribution < 1.29 is 14.3 Å². The van der Waals surface area contributed by atoms with Crippen molar-refractivity contribution in [1.29, 1.82) is 0 Å². The first-order valence-electron chi connectivity index (χ1n) is 8.23. The van der Waals surface area contributed by atoms with Crippen molar-refractivity contribution in [3.05, 3.63) is 58.1 Å². The number of hydrogen-bond donors (Lipinski definition) is 1. The van der Waals surface area contributed by atoms with Crippen LogP contribution in [0.3, 0.4) is 0 Å². The second-order valence-corrected chi connectivity index (χ2v) is 6.28. The van der Waals surface area contributed by atoms with Gasteiger partial charge in [-0.25, -0.2) is 0 Å². The first-order valence-corrected chi connectivity index (χ1v) is 8.61. The van der Waals surface area contributed by atoms with E-state index in [1.54, 1.807) is 24.3 Å². The molecule has 2 rings (SSSR count). The Kier molecular flexibility index (Phi) is 6.59. The smallest absolute Gasteiger partial charge is 0.224 e. The van der Waals surface area contributed by atoms with Crippen LogP contribution in [0.15, 0.2) is 36.4 Å². The molecule has 5 heteroatoms. The minimum absolute atomic E-state index is 0.0469. The molecule has 0 unspecified atom stereocenters. The van der Waals surface area contributed by atoms with Crippen LogP contribution in [-0.2, 0) is 4.79 Å². The van der Waals surface area contributed by atoms with Crippen LogP contribution in [-0.4, -0.2) is 18.3 Å². The van der Waals surface area contributed by atoms with Crippen molar-refractivity contribution in [2.75, 3.05) is 11.9 Å². The molecule has 2 aromatic rings. The number of benzene rings is 2. The number of ether oxygens (including phenoxy) is 1. The van der Waals surface area contributed by atoms with Gasteiger partial charge >= 0.3 is 0 Å². The SMILES string of the molecule is CCOc1ccc(Cl)cc1NC(=O)CCC(=O)c1ccc(C)c(C)c1. The number of carbonyl (C=O) groups is 2. The highest BCUT2D eigenvalue weighted by atomic mass is 35.5. The highest BCUT2D eigenvalue weighted by molar-refractivity contribution is 6.31. The second-order valence-electron chi connectivity index (χ2n) is 5.84. The zero-order chi connectivity index (χ0) is 18.4. The van der Waals surface area contributed by atoms with Gasteiger partial charge in [0.15, 0.2) is 5.78 Å². The topological polar surface area (TPSA) is 55.4 Å². The zero-order valence-corrected chi connectivity index (χ0v) is 15.4. The van der Waals surface area contributed by atoms with Crippen molar-refractivity contribution in [2.24, 2.45) is 0 Å². The fourth-order valence-electron chi connectivity index (χ4n) is 2.38. The number of carbonyl (C=O) groups excluding carboxylic acids is 2. The lowest BCUT2D eigenvalue weighted by Crippen LogP contribution is -2.14. The summed E-state index contributed by atoms with van der Waals surface area (Å²) in [5, 5.41) is 3.27. The molecule has 0 fully saturated rings. The number of halogens is 1. The minimum atomic E-state index is -0.250. The van der Waals surface area contributed by atoms with Gasteiger partial charge in [0.2, 0.25) is 5.91 Å². The fourth-order valence-corrected chi connectivity index (χ4v) is 2.55. The lowest BCUT2D eigenvalue weighted by atomic mass is 10.0. The van der Waals surface area contributed by atoms with Gasteiger partial charge in [-0.3, -0.25) is 9.59 Å². The van der Waals surface area contributed by atoms with Crippen molar-refractivity contribution in [1.82, 2.24) is 0 Å². The lowest BCUT2D eigenvalue weighted by molar-refractivity contribution is -0.116. The third-order valence-electron chi connectivity index (χ3n) is 3.92. The largest absolute Gasteiger partial charge is 0.492 e. The number of nitrogens with one attached hydrogen (secondary N) is 1. The Bertz CT molecular complexity index is 787. The predicted molar refractivity (Wildman–Crippen MR) is 101 cm³/mol. The summed E-state index contributed by atoms with van der Waals surface area (Å²) in [4.78, 5) is 24.4. The molecule has 1 amide bonds. The van der Waals surface area contributed by atoms with E-state index in [0.29, 0.717) is 28.6 Å². The maximum Gasteiger partial charge on any atom is 0.224 e. The summed E-state index contributed by atoms with van der Waals surface area (Å²) in [6, 6.07) is 10.6. The highest BCUT2D eigenvalue weighted by Gasteiger charge is 2.12. The molecule has 0 aliphatic carbocycles. The number of anilines is 1. The summed E-state index contributed by atoms with van der Waals surface area (Å²) < 4.78 is 5.47. The fraction of sp³-hybridized carbons (Fsp3) is 0.300. The van der Waals surface area contributed by atoms with E-state index in [4.69, 9.17) is 16.3 Å². The summed E-state index contributed by atoms with van der Waals surface area (Å²) >= 11 is 5.97. The van der Waals surface area contributed by atoms with E-state index in [0.717, 1.165) is 11.1 Å². The monoisotopic (exact) mass is 359 g/mol. The van der Waals surface area contributed by atoms with E-state index < -0.39 is 0 Å². The normalized spacial score (nSPS) is 10.4. The molecule has 0 saturated carbocycles. The van der Waals surface area contributed by atoms with Crippen LogP contribution in [0.5, 0.6) is 5.75 Å². The summed E-state index contributed by atoms with van der Waals surface area (Å²) in [5.41, 5.74) is 3.35. The Morgan fingerprint density at radius 1 is 1.04 bits per heavy atom. The first kappa shape index (κ1) is 19.0. The Hall–Kier alpha value is -2.33. The summed E-state index contributed by atoms with van der Waals surface area (Å²) in [6.45, 7) is 6.31. The van der Waals surface area contributed by atoms with E-state index in [2.05, 4.69) is 5.32 Å². The van der Waals surface area contributed by atoms with Crippen LogP contribution < -0.4 is 10.1 Å². The number of aryl methyl sites for hydroxylation is 2. The average Bonchev–Trinajstić information content (AvgIpc) is 2.57. The average molecular weight is 360 g/mol. The molecule has 4 nitrogen and oxygen atoms in total. The number of rotatable bonds is 7. The summed E-state index contributed by atoms with van der Waals surface area (Å²) in [5.74, 6) is 0.260. The maximum absolute atomic E-state index is 12.3. The molecule has 0 aromatic heterocycles. The maximum atomic E-state index is 12.3. The third-order valence-corrected chi connectivity index (χ3v) is 4.16. The number of ketones is 1. The predicted octanol–water partition coefficient (Wildman–Crippen LogP) is 4.96. The lowest BCUT2D eigenvalue weighted by Gasteiger charge is -2.12. The number of amides is 1. The quantitative estimate of drug-likeness (QED) is 0.711. The van der Waals surface area contributed by atoms with E-state index in [-0.39, 0.29) is 24.5 Å². The van der Waals surface area contributed by atoms with Crippen molar-refractivity contribution in [3.63, 3.8) is 0 Å². The molecule has 0 saturated heterocycles. The second kappa shape index (κ2) is 8.67. The molecule has 25 heavy (non-hydrogen) atoms. The molecule has 132 valence electrons. The van der Waals surface area contributed by atoms with Crippen molar-refractivity contribution in [3.8, 4) is 5.75 Å². The molecule has 0 aliphatic rings. The molecule has 0 aliphatic heterocycles. The van der Waals surface area contributed by atoms with Crippen molar-refractivity contribution >= 4 is 29.0 Å². The molecular weight excluding hydrogens is 338 g/mol. The number of hydrogen-bond acceptors (Lipinski definition) is 3. The van der Waals surface area contributed by atoms with Gasteiger partial charge in [-0.1, -0.05) is 23.7 Å². The Morgan fingerprint density at radius 3 is 2.48 bits per heavy atom. The van der Waals surface area contributed by atoms with E-state index >= 15 is 0 Å². The molecule has 2 aromatic carbocycles. The van der Waals surface area contributed by atoms with Crippen LogP contribution in [0.2, 0.25) is 5.02 Å². The molecule has 0 spiro atoms. The van der Waals surface area contributed by atoms with Gasteiger partial charge in [0, 0.05) is 23.4 Å². The van der Waals surface area contributed by atoms with Crippen molar-refractivity contribution in [2.45, 2.75) is 33.6 Å². The van der Waals surface area contributed by atoms with E-state index in [9.17, 15) is 9.59 Å². The van der Waals surface area contributed by atoms with E-state index in [1.807, 2.05) is 32.9 Å². The van der Waals surface area contributed by atoms with Gasteiger partial charge in [0.25, 0.3) is 0 Å². The van der Waals surface area contributed by atoms with Gasteiger partial charge in [-0.15, -0.1) is 0 Å². The third kappa shape index (κ3) is 5.33. The van der Waals surface area contributed by atoms with Gasteiger partial charge in [-0.2, -0.15) is 0 Å². The summed E-state index contributed by atoms with van der Waals surface area (Å²) in [6.07, 6.45) is 0.253. The molecule has 0 bridgehead atoms. The standard InChI is InChI=1S/C20H22ClNO3/c1-4-25-19-9-7-16(21)12-17(19)22-20(24)10-8-18(23)15-6-5-13(2)14(3)11-15/h5-7,9,11-12H,4,8,10H2,1-3H3,(H,22,24). The first-order chi connectivity index (χ1) is 11.9. The van der Waals surface area contributed by atoms with Gasteiger partial charge < -0.3 is 10.1 Å². The van der Waals surface area contributed by atoms with Crippen LogP contribution >= 0.6 is 11.6 Å². The highest BCUT2D eigenvalue weighted by Crippen LogP contribution is 2.28. The Labute approximate surface area is 153 Å². The molecule has 1 N–H and O–H groups in total.